The van der Waals surface area contributed by atoms with Crippen LogP contribution in [0.25, 0.3) is 0 Å². The summed E-state index contributed by atoms with van der Waals surface area (Å²) in [6.45, 7) is 5.68. The molecular weight excluding hydrogens is 342 g/mol. The minimum Gasteiger partial charge on any atom is -0.371 e. The normalized spacial score (nSPS) is 17.6. The average molecular weight is 365 g/mol. The molecule has 0 aliphatic carbocycles. The molecule has 0 saturated carbocycles. The van der Waals surface area contributed by atoms with Gasteiger partial charge < -0.3 is 9.30 Å². The van der Waals surface area contributed by atoms with Crippen molar-refractivity contribution >= 4 is 22.4 Å². The number of anilines is 1. The summed E-state index contributed by atoms with van der Waals surface area (Å²) in [7, 11) is 1.87. The van der Waals surface area contributed by atoms with E-state index in [1.807, 2.05) is 16.5 Å². The second-order valence-corrected chi connectivity index (χ2v) is 7.42. The highest BCUT2D eigenvalue weighted by Gasteiger charge is 2.22. The first-order valence-corrected chi connectivity index (χ1v) is 9.16. The number of hydrogen-bond donors (Lipinski definition) is 1. The van der Waals surface area contributed by atoms with Crippen LogP contribution in [-0.2, 0) is 16.1 Å². The number of nitrogens with one attached hydrogen (secondary N) is 1. The summed E-state index contributed by atoms with van der Waals surface area (Å²) in [6.07, 6.45) is 3.73. The Hall–Kier alpha value is -1.91. The summed E-state index contributed by atoms with van der Waals surface area (Å²) in [5.41, 5.74) is 0. The van der Waals surface area contributed by atoms with Crippen LogP contribution in [0.3, 0.4) is 0 Å². The molecular formula is C15H23N7O2S. The first-order chi connectivity index (χ1) is 12.0. The van der Waals surface area contributed by atoms with E-state index < -0.39 is 0 Å². The first-order valence-electron chi connectivity index (χ1n) is 8.34. The fraction of sp³-hybridized carbons (Fsp3) is 0.667. The van der Waals surface area contributed by atoms with Crippen molar-refractivity contribution < 1.29 is 9.53 Å². The fourth-order valence-electron chi connectivity index (χ4n) is 2.70. The van der Waals surface area contributed by atoms with Crippen molar-refractivity contribution in [3.05, 3.63) is 17.2 Å². The molecule has 9 nitrogen and oxygen atoms in total. The van der Waals surface area contributed by atoms with Gasteiger partial charge in [0.25, 0.3) is 0 Å². The molecule has 136 valence electrons. The van der Waals surface area contributed by atoms with E-state index in [2.05, 4.69) is 39.6 Å². The molecule has 1 fully saturated rings. The number of ether oxygens (including phenoxy) is 1. The lowest BCUT2D eigenvalue weighted by atomic mass is 10.2. The molecule has 1 N–H and O–H groups in total. The van der Waals surface area contributed by atoms with Gasteiger partial charge in [-0.15, -0.1) is 20.4 Å². The standard InChI is InChI=1S/C15H23N7O2S/c1-10(2)22-9-16-18-12(22)7-21(3)8-13(23)17-15-20-19-14(25-15)11-5-4-6-24-11/h9-11H,4-8H2,1-3H3,(H,17,20,23). The largest absolute Gasteiger partial charge is 0.371 e. The van der Waals surface area contributed by atoms with Crippen LogP contribution >= 0.6 is 11.3 Å². The van der Waals surface area contributed by atoms with E-state index in [4.69, 9.17) is 4.74 Å². The molecule has 1 aliphatic rings. The maximum absolute atomic E-state index is 12.2. The monoisotopic (exact) mass is 365 g/mol. The van der Waals surface area contributed by atoms with Crippen LogP contribution < -0.4 is 5.32 Å². The van der Waals surface area contributed by atoms with Gasteiger partial charge in [0.1, 0.15) is 23.3 Å². The minimum atomic E-state index is -0.131. The molecule has 0 spiro atoms. The number of aromatic nitrogens is 5. The molecule has 1 amide bonds. The van der Waals surface area contributed by atoms with E-state index in [9.17, 15) is 4.79 Å². The van der Waals surface area contributed by atoms with Gasteiger partial charge in [-0.25, -0.2) is 0 Å². The Bertz CT molecular complexity index is 708. The molecule has 3 rings (SSSR count). The number of nitrogens with zero attached hydrogens (tertiary/aromatic N) is 6. The molecule has 0 bridgehead atoms. The van der Waals surface area contributed by atoms with Crippen LogP contribution in [0.2, 0.25) is 0 Å². The van der Waals surface area contributed by atoms with Crippen molar-refractivity contribution in [2.45, 2.75) is 45.4 Å². The number of rotatable bonds is 7. The zero-order valence-electron chi connectivity index (χ0n) is 14.7. The third-order valence-electron chi connectivity index (χ3n) is 3.92. The Morgan fingerprint density at radius 1 is 1.48 bits per heavy atom. The van der Waals surface area contributed by atoms with Gasteiger partial charge in [0.2, 0.25) is 11.0 Å². The predicted octanol–water partition coefficient (Wildman–Crippen LogP) is 1.63. The summed E-state index contributed by atoms with van der Waals surface area (Å²) in [5.74, 6) is 0.704. The van der Waals surface area contributed by atoms with Gasteiger partial charge in [-0.2, -0.15) is 0 Å². The highest BCUT2D eigenvalue weighted by Crippen LogP contribution is 2.31. The smallest absolute Gasteiger partial charge is 0.240 e. The highest BCUT2D eigenvalue weighted by atomic mass is 32.1. The van der Waals surface area contributed by atoms with Gasteiger partial charge in [0.15, 0.2) is 0 Å². The molecule has 10 heteroatoms. The Balaban J connectivity index is 1.51. The number of carbonyl (C=O) groups is 1. The lowest BCUT2D eigenvalue weighted by Gasteiger charge is -2.17. The minimum absolute atomic E-state index is 0.0215. The van der Waals surface area contributed by atoms with Crippen LogP contribution in [-0.4, -0.2) is 56.0 Å². The molecule has 1 aliphatic heterocycles. The van der Waals surface area contributed by atoms with Crippen molar-refractivity contribution in [3.8, 4) is 0 Å². The number of carbonyl (C=O) groups excluding carboxylic acids is 1. The highest BCUT2D eigenvalue weighted by molar-refractivity contribution is 7.15. The lowest BCUT2D eigenvalue weighted by Crippen LogP contribution is -2.30. The van der Waals surface area contributed by atoms with Gasteiger partial charge in [-0.3, -0.25) is 15.0 Å². The lowest BCUT2D eigenvalue weighted by molar-refractivity contribution is -0.117. The Morgan fingerprint density at radius 3 is 3.04 bits per heavy atom. The van der Waals surface area contributed by atoms with Crippen LogP contribution in [0.4, 0.5) is 5.13 Å². The number of amides is 1. The molecule has 3 heterocycles. The van der Waals surface area contributed by atoms with Gasteiger partial charge in [0, 0.05) is 12.6 Å². The molecule has 2 aromatic rings. The zero-order valence-corrected chi connectivity index (χ0v) is 15.5. The van der Waals surface area contributed by atoms with Gasteiger partial charge in [0.05, 0.1) is 13.1 Å². The molecule has 1 unspecified atom stereocenters. The van der Waals surface area contributed by atoms with E-state index in [0.717, 1.165) is 30.3 Å². The predicted molar refractivity (Wildman–Crippen MR) is 93.2 cm³/mol. The summed E-state index contributed by atoms with van der Waals surface area (Å²) in [5, 5.41) is 20.3. The van der Waals surface area contributed by atoms with Crippen LogP contribution in [0.1, 0.15) is 49.7 Å². The van der Waals surface area contributed by atoms with Crippen LogP contribution in [0.15, 0.2) is 6.33 Å². The SMILES string of the molecule is CC(C)n1cnnc1CN(C)CC(=O)Nc1nnc(C2CCCO2)s1. The van der Waals surface area contributed by atoms with Crippen LogP contribution in [0, 0.1) is 0 Å². The van der Waals surface area contributed by atoms with E-state index in [1.165, 1.54) is 11.3 Å². The van der Waals surface area contributed by atoms with Crippen LogP contribution in [0.5, 0.6) is 0 Å². The quantitative estimate of drug-likeness (QED) is 0.796. The van der Waals surface area contributed by atoms with Gasteiger partial charge >= 0.3 is 0 Å². The van der Waals surface area contributed by atoms with Crippen molar-refractivity contribution in [2.75, 3.05) is 25.5 Å². The van der Waals surface area contributed by atoms with E-state index in [0.29, 0.717) is 11.7 Å². The topological polar surface area (TPSA) is 98.1 Å². The summed E-state index contributed by atoms with van der Waals surface area (Å²) in [6, 6.07) is 0.282. The van der Waals surface area contributed by atoms with Gasteiger partial charge in [-0.05, 0) is 33.7 Å². The average Bonchev–Trinajstić information content (AvgIpc) is 3.27. The molecule has 1 atom stereocenters. The molecule has 2 aromatic heterocycles. The van der Waals surface area contributed by atoms with Crippen molar-refractivity contribution in [2.24, 2.45) is 0 Å². The summed E-state index contributed by atoms with van der Waals surface area (Å²) < 4.78 is 7.58. The van der Waals surface area contributed by atoms with E-state index in [1.54, 1.807) is 6.33 Å². The second-order valence-electron chi connectivity index (χ2n) is 6.42. The third-order valence-corrected chi connectivity index (χ3v) is 4.85. The van der Waals surface area contributed by atoms with E-state index >= 15 is 0 Å². The van der Waals surface area contributed by atoms with Crippen molar-refractivity contribution in [3.63, 3.8) is 0 Å². The fourth-order valence-corrected chi connectivity index (χ4v) is 3.54. The summed E-state index contributed by atoms with van der Waals surface area (Å²) >= 11 is 1.37. The van der Waals surface area contributed by atoms with Crippen molar-refractivity contribution in [1.82, 2.24) is 29.9 Å². The maximum atomic E-state index is 12.2. The maximum Gasteiger partial charge on any atom is 0.240 e. The Labute approximate surface area is 150 Å². The van der Waals surface area contributed by atoms with Gasteiger partial charge in [-0.1, -0.05) is 11.3 Å². The summed E-state index contributed by atoms with van der Waals surface area (Å²) in [4.78, 5) is 14.1. The number of hydrogen-bond acceptors (Lipinski definition) is 8. The second kappa shape index (κ2) is 7.98. The first kappa shape index (κ1) is 17.9. The van der Waals surface area contributed by atoms with E-state index in [-0.39, 0.29) is 24.6 Å². The Morgan fingerprint density at radius 2 is 2.32 bits per heavy atom. The molecule has 0 radical (unpaired) electrons. The molecule has 0 aromatic carbocycles. The molecule has 1 saturated heterocycles. The zero-order chi connectivity index (χ0) is 17.8. The molecule has 25 heavy (non-hydrogen) atoms. The third kappa shape index (κ3) is 4.59. The Kier molecular flexibility index (Phi) is 5.71. The number of likely N-dealkylation sites (N-methyl/N-ethyl adjacent to an activating group) is 1. The van der Waals surface area contributed by atoms with Crippen molar-refractivity contribution in [1.29, 1.82) is 0 Å².